The Kier molecular flexibility index (Phi) is 4.22. The lowest BCUT2D eigenvalue weighted by molar-refractivity contribution is 0.0596. The van der Waals surface area contributed by atoms with Gasteiger partial charge in [-0.2, -0.15) is 0 Å². The van der Waals surface area contributed by atoms with Crippen molar-refractivity contribution in [3.63, 3.8) is 0 Å². The van der Waals surface area contributed by atoms with E-state index in [1.54, 1.807) is 0 Å². The number of aromatic nitrogens is 4. The molecule has 2 aliphatic rings. The molecule has 6 nitrogen and oxygen atoms in total. The second-order valence-electron chi connectivity index (χ2n) is 6.75. The number of hydrogen-bond acceptors (Lipinski definition) is 7. The minimum Gasteiger partial charge on any atom is -0.341 e. The predicted molar refractivity (Wildman–Crippen MR) is 90.3 cm³/mol. The van der Waals surface area contributed by atoms with Crippen LogP contribution < -0.4 is 4.90 Å². The predicted octanol–water partition coefficient (Wildman–Crippen LogP) is 2.21. The van der Waals surface area contributed by atoms with Gasteiger partial charge in [0.15, 0.2) is 0 Å². The maximum atomic E-state index is 4.39. The fraction of sp³-hybridized carbons (Fsp3) is 0.625. The van der Waals surface area contributed by atoms with Gasteiger partial charge < -0.3 is 4.90 Å². The van der Waals surface area contributed by atoms with Crippen LogP contribution in [0.1, 0.15) is 31.4 Å². The Balaban J connectivity index is 1.38. The van der Waals surface area contributed by atoms with E-state index in [0.29, 0.717) is 5.41 Å². The number of nitrogens with zero attached hydrogens (tertiary/aromatic N) is 6. The van der Waals surface area contributed by atoms with Gasteiger partial charge in [-0.15, -0.1) is 5.10 Å². The molecule has 2 fully saturated rings. The fourth-order valence-electron chi connectivity index (χ4n) is 3.97. The minimum absolute atomic E-state index is 0.465. The number of rotatable bonds is 3. The number of likely N-dealkylation sites (tertiary alicyclic amines) is 1. The summed E-state index contributed by atoms with van der Waals surface area (Å²) in [5.41, 5.74) is 1.58. The lowest BCUT2D eigenvalue weighted by Gasteiger charge is -2.47. The molecule has 0 bridgehead atoms. The summed E-state index contributed by atoms with van der Waals surface area (Å²) in [6, 6.07) is 1.88. The van der Waals surface area contributed by atoms with E-state index in [1.807, 2.05) is 18.5 Å². The monoisotopic (exact) mass is 330 g/mol. The highest BCUT2D eigenvalue weighted by Gasteiger charge is 2.38. The van der Waals surface area contributed by atoms with E-state index in [4.69, 9.17) is 0 Å². The summed E-state index contributed by atoms with van der Waals surface area (Å²) in [4.78, 5) is 13.7. The van der Waals surface area contributed by atoms with E-state index in [1.165, 1.54) is 50.3 Å². The molecule has 2 saturated heterocycles. The van der Waals surface area contributed by atoms with Crippen molar-refractivity contribution in [3.8, 4) is 0 Å². The number of piperidine rings is 2. The normalized spacial score (nSPS) is 21.7. The van der Waals surface area contributed by atoms with Crippen molar-refractivity contribution < 1.29 is 0 Å². The van der Waals surface area contributed by atoms with E-state index in [-0.39, 0.29) is 0 Å². The second-order valence-corrected chi connectivity index (χ2v) is 7.36. The molecule has 0 N–H and O–H groups in total. The van der Waals surface area contributed by atoms with Crippen molar-refractivity contribution in [2.75, 3.05) is 31.1 Å². The van der Waals surface area contributed by atoms with Gasteiger partial charge in [0.2, 0.25) is 5.95 Å². The van der Waals surface area contributed by atoms with Gasteiger partial charge in [-0.25, -0.2) is 9.97 Å². The Morgan fingerprint density at radius 2 is 1.91 bits per heavy atom. The van der Waals surface area contributed by atoms with Crippen LogP contribution in [-0.2, 0) is 6.54 Å². The Morgan fingerprint density at radius 1 is 1.09 bits per heavy atom. The molecule has 0 amide bonds. The Morgan fingerprint density at radius 3 is 2.65 bits per heavy atom. The molecule has 0 saturated carbocycles. The maximum Gasteiger partial charge on any atom is 0.225 e. The zero-order valence-electron chi connectivity index (χ0n) is 13.3. The van der Waals surface area contributed by atoms with Gasteiger partial charge in [0.25, 0.3) is 0 Å². The third kappa shape index (κ3) is 3.35. The first-order valence-corrected chi connectivity index (χ1v) is 9.17. The molecule has 122 valence electrons. The molecule has 0 atom stereocenters. The molecule has 2 aliphatic heterocycles. The van der Waals surface area contributed by atoms with Crippen LogP contribution in [-0.4, -0.2) is 50.6 Å². The first kappa shape index (κ1) is 15.0. The molecule has 0 aliphatic carbocycles. The Hall–Kier alpha value is -1.60. The Labute approximate surface area is 140 Å². The van der Waals surface area contributed by atoms with Crippen molar-refractivity contribution in [2.45, 2.75) is 32.2 Å². The summed E-state index contributed by atoms with van der Waals surface area (Å²) >= 11 is 1.44. The van der Waals surface area contributed by atoms with Crippen molar-refractivity contribution in [3.05, 3.63) is 29.5 Å². The molecule has 4 rings (SSSR count). The highest BCUT2D eigenvalue weighted by molar-refractivity contribution is 7.03. The third-order valence-corrected chi connectivity index (χ3v) is 5.74. The molecule has 4 heterocycles. The van der Waals surface area contributed by atoms with E-state index in [9.17, 15) is 0 Å². The van der Waals surface area contributed by atoms with Crippen LogP contribution in [0, 0.1) is 5.41 Å². The number of hydrogen-bond donors (Lipinski definition) is 0. The van der Waals surface area contributed by atoms with Crippen LogP contribution in [0.5, 0.6) is 0 Å². The third-order valence-electron chi connectivity index (χ3n) is 5.19. The molecule has 0 radical (unpaired) electrons. The van der Waals surface area contributed by atoms with Gasteiger partial charge in [-0.05, 0) is 55.2 Å². The molecule has 2 aromatic rings. The maximum absolute atomic E-state index is 4.39. The summed E-state index contributed by atoms with van der Waals surface area (Å²) < 4.78 is 3.98. The van der Waals surface area contributed by atoms with Crippen molar-refractivity contribution >= 4 is 17.5 Å². The highest BCUT2D eigenvalue weighted by Crippen LogP contribution is 2.40. The van der Waals surface area contributed by atoms with E-state index in [0.717, 1.165) is 31.3 Å². The summed E-state index contributed by atoms with van der Waals surface area (Å²) in [6.45, 7) is 5.45. The molecule has 2 aromatic heterocycles. The Bertz CT molecular complexity index is 609. The van der Waals surface area contributed by atoms with Crippen molar-refractivity contribution in [1.82, 2.24) is 24.5 Å². The second kappa shape index (κ2) is 6.49. The van der Waals surface area contributed by atoms with Gasteiger partial charge in [-0.1, -0.05) is 4.49 Å². The highest BCUT2D eigenvalue weighted by atomic mass is 32.1. The summed E-state index contributed by atoms with van der Waals surface area (Å²) in [6.07, 6.45) is 8.77. The van der Waals surface area contributed by atoms with Crippen LogP contribution in [0.15, 0.2) is 23.8 Å². The summed E-state index contributed by atoms with van der Waals surface area (Å²) in [7, 11) is 0. The topological polar surface area (TPSA) is 58.0 Å². The van der Waals surface area contributed by atoms with Crippen LogP contribution in [0.2, 0.25) is 0 Å². The molecular formula is C16H22N6S. The van der Waals surface area contributed by atoms with Gasteiger partial charge in [0.05, 0.1) is 5.69 Å². The smallest absolute Gasteiger partial charge is 0.225 e. The van der Waals surface area contributed by atoms with Crippen molar-refractivity contribution in [1.29, 1.82) is 0 Å². The van der Waals surface area contributed by atoms with Crippen LogP contribution in [0.4, 0.5) is 5.95 Å². The standard InChI is InChI=1S/C16H22N6S/c1-3-16(13-21(8-1)11-14-12-23-20-19-14)4-9-22(10-5-16)15-17-6-2-7-18-15/h2,6-7,12H,1,3-5,8-11,13H2. The van der Waals surface area contributed by atoms with Gasteiger partial charge in [0, 0.05) is 44.0 Å². The van der Waals surface area contributed by atoms with Crippen LogP contribution in [0.3, 0.4) is 0 Å². The van der Waals surface area contributed by atoms with Gasteiger partial charge in [-0.3, -0.25) is 4.90 Å². The largest absolute Gasteiger partial charge is 0.341 e. The molecule has 23 heavy (non-hydrogen) atoms. The molecular weight excluding hydrogens is 308 g/mol. The fourth-order valence-corrected chi connectivity index (χ4v) is 4.41. The van der Waals surface area contributed by atoms with Crippen molar-refractivity contribution in [2.24, 2.45) is 5.41 Å². The van der Waals surface area contributed by atoms with E-state index in [2.05, 4.69) is 34.7 Å². The zero-order valence-corrected chi connectivity index (χ0v) is 14.1. The number of anilines is 1. The van der Waals surface area contributed by atoms with E-state index >= 15 is 0 Å². The zero-order chi connectivity index (χ0) is 15.5. The van der Waals surface area contributed by atoms with Gasteiger partial charge >= 0.3 is 0 Å². The first-order chi connectivity index (χ1) is 11.3. The lowest BCUT2D eigenvalue weighted by atomic mass is 9.72. The lowest BCUT2D eigenvalue weighted by Crippen LogP contribution is -2.49. The van der Waals surface area contributed by atoms with E-state index < -0.39 is 0 Å². The molecule has 1 spiro atoms. The average Bonchev–Trinajstić information content (AvgIpc) is 3.10. The molecule has 7 heteroatoms. The van der Waals surface area contributed by atoms with Crippen LogP contribution in [0.25, 0.3) is 0 Å². The van der Waals surface area contributed by atoms with Gasteiger partial charge in [0.1, 0.15) is 0 Å². The first-order valence-electron chi connectivity index (χ1n) is 8.33. The quantitative estimate of drug-likeness (QED) is 0.860. The summed E-state index contributed by atoms with van der Waals surface area (Å²) in [5.74, 6) is 0.878. The summed E-state index contributed by atoms with van der Waals surface area (Å²) in [5, 5.41) is 6.26. The SMILES string of the molecule is c1cnc(N2CCC3(CCCN(Cc4csnn4)C3)CC2)nc1. The average molecular weight is 330 g/mol. The molecule has 0 aromatic carbocycles. The van der Waals surface area contributed by atoms with Crippen LogP contribution >= 0.6 is 11.5 Å². The molecule has 0 unspecified atom stereocenters. The minimum atomic E-state index is 0.465.